The number of methoxy groups -OCH3 is 1. The van der Waals surface area contributed by atoms with Crippen LogP contribution in [-0.2, 0) is 42.7 Å². The lowest BCUT2D eigenvalue weighted by atomic mass is 9.97. The van der Waals surface area contributed by atoms with Crippen molar-refractivity contribution >= 4 is 52.0 Å². The van der Waals surface area contributed by atoms with E-state index >= 15 is 0 Å². The molecule has 0 atom stereocenters. The number of hydrogen-bond acceptors (Lipinski definition) is 18. The van der Waals surface area contributed by atoms with E-state index in [9.17, 15) is 4.79 Å². The first-order valence-corrected chi connectivity index (χ1v) is 22.2. The minimum atomic E-state index is -0.541. The van der Waals surface area contributed by atoms with E-state index in [4.69, 9.17) is 62.3 Å². The Hall–Kier alpha value is -2.38. The topological polar surface area (TPSA) is 212 Å². The second-order valence-electron chi connectivity index (χ2n) is 14.5. The first-order chi connectivity index (χ1) is 30.0. The first kappa shape index (κ1) is 53.0. The summed E-state index contributed by atoms with van der Waals surface area (Å²) in [4.78, 5) is 17.3. The molecule has 2 bridgehead atoms. The molecule has 21 heteroatoms. The molecule has 4 rings (SSSR count). The van der Waals surface area contributed by atoms with E-state index in [1.165, 1.54) is 0 Å². The number of thiocarbonyl (C=S) groups is 2. The van der Waals surface area contributed by atoms with Crippen molar-refractivity contribution in [2.24, 2.45) is 4.99 Å². The largest absolute Gasteiger partial charge is 0.382 e. The summed E-state index contributed by atoms with van der Waals surface area (Å²) < 4.78 is 43.6. The number of aliphatic imine (C=N–C) groups is 1. The van der Waals surface area contributed by atoms with Crippen LogP contribution in [0.3, 0.4) is 0 Å². The molecule has 1 amide bonds. The molecule has 348 valence electrons. The third kappa shape index (κ3) is 26.1. The van der Waals surface area contributed by atoms with Crippen LogP contribution in [0.15, 0.2) is 29.3 Å². The zero-order valence-electron chi connectivity index (χ0n) is 36.0. The molecule has 3 fully saturated rings. The zero-order valence-corrected chi connectivity index (χ0v) is 37.7. The molecule has 0 radical (unpaired) electrons. The Morgan fingerprint density at radius 1 is 0.574 bits per heavy atom. The Bertz CT molecular complexity index is 1290. The van der Waals surface area contributed by atoms with Gasteiger partial charge in [-0.1, -0.05) is 0 Å². The monoisotopic (exact) mass is 900 g/mol. The van der Waals surface area contributed by atoms with Gasteiger partial charge in [0.1, 0.15) is 0 Å². The van der Waals surface area contributed by atoms with Crippen LogP contribution in [0.1, 0.15) is 6.42 Å². The lowest BCUT2D eigenvalue weighted by Gasteiger charge is -2.39. The summed E-state index contributed by atoms with van der Waals surface area (Å²) in [6, 6.07) is 7.54. The van der Waals surface area contributed by atoms with Crippen molar-refractivity contribution in [1.82, 2.24) is 42.5 Å². The predicted octanol–water partition coefficient (Wildman–Crippen LogP) is -0.981. The SMILES string of the molecule is COCCOCCOCCOCCOCCOCCOCCOCCC(=O)NC12CNCCNCC(NC(=S)Nc3ccc(N=C=S)cc3)(CNCCNC1)CNCCNC2. The van der Waals surface area contributed by atoms with Crippen molar-refractivity contribution < 1.29 is 42.7 Å². The number of anilines is 1. The third-order valence-electron chi connectivity index (χ3n) is 9.44. The fourth-order valence-corrected chi connectivity index (χ4v) is 6.74. The summed E-state index contributed by atoms with van der Waals surface area (Å²) in [5.41, 5.74) is 0.633. The van der Waals surface area contributed by atoms with Crippen molar-refractivity contribution in [3.63, 3.8) is 0 Å². The highest BCUT2D eigenvalue weighted by Crippen LogP contribution is 2.16. The summed E-state index contributed by atoms with van der Waals surface area (Å²) in [7, 11) is 1.64. The zero-order chi connectivity index (χ0) is 43.4. The molecule has 1 aromatic carbocycles. The number of fused-ring (bicyclic) bond motifs is 15. The summed E-state index contributed by atoms with van der Waals surface area (Å²) in [5.74, 6) is -0.0606. The Kier molecular flexibility index (Phi) is 30.4. The van der Waals surface area contributed by atoms with Crippen LogP contribution in [0.5, 0.6) is 0 Å². The summed E-state index contributed by atoms with van der Waals surface area (Å²) in [5, 5.41) is 34.8. The van der Waals surface area contributed by atoms with Crippen molar-refractivity contribution in [2.75, 3.05) is 190 Å². The number of hydrogen-bond donors (Lipinski definition) is 9. The van der Waals surface area contributed by atoms with Crippen LogP contribution in [0.2, 0.25) is 0 Å². The molecule has 19 nitrogen and oxygen atoms in total. The molecular formula is C40H72N10O9S2. The molecule has 3 saturated heterocycles. The number of nitrogens with one attached hydrogen (secondary N) is 9. The van der Waals surface area contributed by atoms with Gasteiger partial charge in [-0.05, 0) is 48.7 Å². The van der Waals surface area contributed by atoms with Crippen molar-refractivity contribution in [3.8, 4) is 0 Å². The van der Waals surface area contributed by atoms with Gasteiger partial charge in [0.25, 0.3) is 0 Å². The number of carbonyl (C=O) groups excluding carboxylic acids is 1. The van der Waals surface area contributed by atoms with Gasteiger partial charge in [0.2, 0.25) is 5.91 Å². The van der Waals surface area contributed by atoms with Gasteiger partial charge in [0.05, 0.1) is 121 Å². The summed E-state index contributed by atoms with van der Waals surface area (Å²) in [6.07, 6.45) is 0.249. The van der Waals surface area contributed by atoms with Crippen molar-refractivity contribution in [1.29, 1.82) is 0 Å². The lowest BCUT2D eigenvalue weighted by molar-refractivity contribution is -0.124. The lowest BCUT2D eigenvalue weighted by Crippen LogP contribution is -2.68. The molecule has 3 aliphatic heterocycles. The number of nitrogens with zero attached hydrogens (tertiary/aromatic N) is 1. The van der Waals surface area contributed by atoms with E-state index in [0.717, 1.165) is 50.6 Å². The standard InChI is InChI=1S/C40H72N10O9S2/c1-52-14-15-54-18-19-56-22-23-58-26-27-59-25-24-57-21-20-55-17-16-53-13-6-37(51)49-39-28-41-7-10-44-31-40(32-45-11-8-42-29-39,33-46-12-9-43-30-39)50-38(61)48-36-4-2-35(3-5-36)47-34-60/h2-5,41-46H,6-33H2,1H3,(H,49,51)(H2,48,50,61). The molecule has 0 spiro atoms. The van der Waals surface area contributed by atoms with Crippen LogP contribution in [0.25, 0.3) is 0 Å². The van der Waals surface area contributed by atoms with Gasteiger partial charge in [-0.25, -0.2) is 0 Å². The average Bonchev–Trinajstić information content (AvgIpc) is 3.25. The third-order valence-corrected chi connectivity index (χ3v) is 9.73. The Morgan fingerprint density at radius 3 is 1.28 bits per heavy atom. The maximum atomic E-state index is 13.3. The van der Waals surface area contributed by atoms with Crippen LogP contribution >= 0.6 is 24.4 Å². The maximum absolute atomic E-state index is 13.3. The Balaban J connectivity index is 1.27. The highest BCUT2D eigenvalue weighted by Gasteiger charge is 2.33. The number of carbonyl (C=O) groups is 1. The number of rotatable bonds is 28. The van der Waals surface area contributed by atoms with Gasteiger partial charge in [0, 0.05) is 97.8 Å². The van der Waals surface area contributed by atoms with Crippen LogP contribution < -0.4 is 47.9 Å². The van der Waals surface area contributed by atoms with Gasteiger partial charge in [0.15, 0.2) is 5.11 Å². The average molecular weight is 901 g/mol. The molecule has 0 unspecified atom stereocenters. The molecular weight excluding hydrogens is 829 g/mol. The van der Waals surface area contributed by atoms with Gasteiger partial charge < -0.3 is 85.7 Å². The fourth-order valence-electron chi connectivity index (χ4n) is 6.30. The van der Waals surface area contributed by atoms with Crippen molar-refractivity contribution in [3.05, 3.63) is 24.3 Å². The van der Waals surface area contributed by atoms with Gasteiger partial charge in [-0.3, -0.25) is 4.79 Å². The molecule has 9 N–H and O–H groups in total. The van der Waals surface area contributed by atoms with E-state index in [-0.39, 0.29) is 12.3 Å². The highest BCUT2D eigenvalue weighted by molar-refractivity contribution is 7.80. The highest BCUT2D eigenvalue weighted by atomic mass is 32.1. The van der Waals surface area contributed by atoms with E-state index in [2.05, 4.69) is 58.0 Å². The van der Waals surface area contributed by atoms with Crippen LogP contribution in [0.4, 0.5) is 11.4 Å². The van der Waals surface area contributed by atoms with Gasteiger partial charge >= 0.3 is 0 Å². The molecule has 0 aliphatic carbocycles. The minimum absolute atomic E-state index is 0.0606. The second kappa shape index (κ2) is 35.0. The smallest absolute Gasteiger partial charge is 0.222 e. The molecule has 61 heavy (non-hydrogen) atoms. The maximum Gasteiger partial charge on any atom is 0.222 e. The minimum Gasteiger partial charge on any atom is -0.382 e. The Labute approximate surface area is 372 Å². The van der Waals surface area contributed by atoms with E-state index in [1.54, 1.807) is 7.11 Å². The normalized spacial score (nSPS) is 20.5. The van der Waals surface area contributed by atoms with Gasteiger partial charge in [-0.15, -0.1) is 0 Å². The Morgan fingerprint density at radius 2 is 0.918 bits per heavy atom. The molecule has 3 heterocycles. The quantitative estimate of drug-likeness (QED) is 0.0281. The molecule has 1 aromatic rings. The first-order valence-electron chi connectivity index (χ1n) is 21.3. The van der Waals surface area contributed by atoms with Crippen LogP contribution in [-0.4, -0.2) is 212 Å². The van der Waals surface area contributed by atoms with E-state index in [1.807, 2.05) is 24.3 Å². The van der Waals surface area contributed by atoms with Crippen LogP contribution in [0, 0.1) is 0 Å². The molecule has 0 saturated carbocycles. The van der Waals surface area contributed by atoms with E-state index in [0.29, 0.717) is 143 Å². The summed E-state index contributed by atoms with van der Waals surface area (Å²) >= 11 is 10.5. The number of isothiocyanates is 1. The number of ether oxygens (including phenoxy) is 8. The number of benzene rings is 1. The summed E-state index contributed by atoms with van der Waals surface area (Å²) in [6.45, 7) is 15.4. The molecule has 0 aromatic heterocycles. The van der Waals surface area contributed by atoms with E-state index < -0.39 is 11.1 Å². The molecule has 3 aliphatic rings. The predicted molar refractivity (Wildman–Crippen MR) is 244 cm³/mol. The number of amides is 1. The second-order valence-corrected chi connectivity index (χ2v) is 15.1. The van der Waals surface area contributed by atoms with Gasteiger partial charge in [-0.2, -0.15) is 4.99 Å². The van der Waals surface area contributed by atoms with Crippen molar-refractivity contribution in [2.45, 2.75) is 17.5 Å². The fraction of sp³-hybridized carbons (Fsp3) is 0.775.